The van der Waals surface area contributed by atoms with Gasteiger partial charge in [0.1, 0.15) is 0 Å². The van der Waals surface area contributed by atoms with Gasteiger partial charge in [-0.05, 0) is 55.3 Å². The van der Waals surface area contributed by atoms with Crippen LogP contribution in [0.25, 0.3) is 5.69 Å². The number of aromatic nitrogens is 2. The standard InChI is InChI=1S/C23H26N4O2/c1-3-26(4-2)23(29)17-19-6-10-20(11-7-19)25-22(28)16-18-8-12-21(13-9-18)27-15-5-14-24-27/h5-15H,3-4,16-17H2,1-2H3,(H,25,28). The van der Waals surface area contributed by atoms with E-state index in [1.165, 1.54) is 0 Å². The lowest BCUT2D eigenvalue weighted by Gasteiger charge is -2.18. The Bertz CT molecular complexity index is 928. The van der Waals surface area contributed by atoms with E-state index in [1.807, 2.05) is 79.5 Å². The first-order valence-electron chi connectivity index (χ1n) is 9.84. The number of nitrogens with zero attached hydrogens (tertiary/aromatic N) is 3. The Hall–Kier alpha value is -3.41. The number of hydrogen-bond donors (Lipinski definition) is 1. The average molecular weight is 390 g/mol. The van der Waals surface area contributed by atoms with Crippen molar-refractivity contribution in [2.75, 3.05) is 18.4 Å². The van der Waals surface area contributed by atoms with Crippen LogP contribution in [0.4, 0.5) is 5.69 Å². The zero-order valence-electron chi connectivity index (χ0n) is 16.8. The van der Waals surface area contributed by atoms with E-state index in [0.717, 1.165) is 22.5 Å². The highest BCUT2D eigenvalue weighted by molar-refractivity contribution is 5.92. The second kappa shape index (κ2) is 9.68. The topological polar surface area (TPSA) is 67.2 Å². The molecule has 0 aliphatic heterocycles. The smallest absolute Gasteiger partial charge is 0.228 e. The van der Waals surface area contributed by atoms with Gasteiger partial charge in [0.25, 0.3) is 0 Å². The van der Waals surface area contributed by atoms with Gasteiger partial charge in [-0.3, -0.25) is 9.59 Å². The predicted molar refractivity (Wildman–Crippen MR) is 114 cm³/mol. The van der Waals surface area contributed by atoms with Gasteiger partial charge in [-0.2, -0.15) is 5.10 Å². The average Bonchev–Trinajstić information content (AvgIpc) is 3.26. The lowest BCUT2D eigenvalue weighted by atomic mass is 10.1. The zero-order valence-corrected chi connectivity index (χ0v) is 16.8. The van der Waals surface area contributed by atoms with Crippen molar-refractivity contribution < 1.29 is 9.59 Å². The Balaban J connectivity index is 1.53. The summed E-state index contributed by atoms with van der Waals surface area (Å²) in [5.41, 5.74) is 3.55. The van der Waals surface area contributed by atoms with Gasteiger partial charge in [0, 0.05) is 31.2 Å². The molecule has 0 radical (unpaired) electrons. The van der Waals surface area contributed by atoms with Crippen molar-refractivity contribution >= 4 is 17.5 Å². The van der Waals surface area contributed by atoms with Crippen LogP contribution in [0.3, 0.4) is 0 Å². The van der Waals surface area contributed by atoms with Crippen LogP contribution in [-0.4, -0.2) is 39.6 Å². The molecular formula is C23H26N4O2. The summed E-state index contributed by atoms with van der Waals surface area (Å²) in [7, 11) is 0. The molecule has 1 heterocycles. The van der Waals surface area contributed by atoms with E-state index in [4.69, 9.17) is 0 Å². The molecule has 2 amide bonds. The monoisotopic (exact) mass is 390 g/mol. The molecule has 3 rings (SSSR count). The van der Waals surface area contributed by atoms with Crippen LogP contribution in [0.5, 0.6) is 0 Å². The number of nitrogens with one attached hydrogen (secondary N) is 1. The maximum atomic E-state index is 12.3. The molecule has 0 unspecified atom stereocenters. The number of benzene rings is 2. The largest absolute Gasteiger partial charge is 0.343 e. The fourth-order valence-corrected chi connectivity index (χ4v) is 3.15. The first-order valence-corrected chi connectivity index (χ1v) is 9.84. The normalized spacial score (nSPS) is 10.6. The molecule has 3 aromatic rings. The SMILES string of the molecule is CCN(CC)C(=O)Cc1ccc(NC(=O)Cc2ccc(-n3cccn3)cc2)cc1. The van der Waals surface area contributed by atoms with Gasteiger partial charge in [0.15, 0.2) is 0 Å². The van der Waals surface area contributed by atoms with Crippen molar-refractivity contribution in [1.29, 1.82) is 0 Å². The van der Waals surface area contributed by atoms with E-state index in [0.29, 0.717) is 25.9 Å². The van der Waals surface area contributed by atoms with Gasteiger partial charge in [-0.15, -0.1) is 0 Å². The molecule has 1 N–H and O–H groups in total. The highest BCUT2D eigenvalue weighted by Gasteiger charge is 2.10. The molecule has 6 heteroatoms. The summed E-state index contributed by atoms with van der Waals surface area (Å²) < 4.78 is 1.77. The molecule has 1 aromatic heterocycles. The summed E-state index contributed by atoms with van der Waals surface area (Å²) in [4.78, 5) is 26.3. The molecule has 0 saturated carbocycles. The van der Waals surface area contributed by atoms with Crippen molar-refractivity contribution in [2.24, 2.45) is 0 Å². The Morgan fingerprint density at radius 3 is 2.14 bits per heavy atom. The lowest BCUT2D eigenvalue weighted by Crippen LogP contribution is -2.31. The number of anilines is 1. The molecular weight excluding hydrogens is 364 g/mol. The van der Waals surface area contributed by atoms with E-state index in [1.54, 1.807) is 10.9 Å². The molecule has 2 aromatic carbocycles. The first-order chi connectivity index (χ1) is 14.1. The Kier molecular flexibility index (Phi) is 6.79. The van der Waals surface area contributed by atoms with Crippen LogP contribution >= 0.6 is 0 Å². The highest BCUT2D eigenvalue weighted by atomic mass is 16.2. The van der Waals surface area contributed by atoms with Crippen LogP contribution < -0.4 is 5.32 Å². The Morgan fingerprint density at radius 2 is 1.55 bits per heavy atom. The number of amides is 2. The molecule has 150 valence electrons. The Morgan fingerprint density at radius 1 is 0.931 bits per heavy atom. The van der Waals surface area contributed by atoms with E-state index in [2.05, 4.69) is 10.4 Å². The first kappa shape index (κ1) is 20.3. The molecule has 0 saturated heterocycles. The van der Waals surface area contributed by atoms with Crippen molar-refractivity contribution in [3.63, 3.8) is 0 Å². The number of carbonyl (C=O) groups is 2. The molecule has 0 spiro atoms. The van der Waals surface area contributed by atoms with Gasteiger partial charge in [0.2, 0.25) is 11.8 Å². The number of carbonyl (C=O) groups excluding carboxylic acids is 2. The fourth-order valence-electron chi connectivity index (χ4n) is 3.15. The molecule has 29 heavy (non-hydrogen) atoms. The van der Waals surface area contributed by atoms with Crippen LogP contribution in [0.2, 0.25) is 0 Å². The summed E-state index contributed by atoms with van der Waals surface area (Å²) in [5, 5.41) is 7.10. The summed E-state index contributed by atoms with van der Waals surface area (Å²) >= 11 is 0. The van der Waals surface area contributed by atoms with Gasteiger partial charge >= 0.3 is 0 Å². The van der Waals surface area contributed by atoms with Crippen LogP contribution in [0.1, 0.15) is 25.0 Å². The third-order valence-corrected chi connectivity index (χ3v) is 4.78. The van der Waals surface area contributed by atoms with Crippen molar-refractivity contribution in [3.8, 4) is 5.69 Å². The van der Waals surface area contributed by atoms with Crippen molar-refractivity contribution in [1.82, 2.24) is 14.7 Å². The third-order valence-electron chi connectivity index (χ3n) is 4.78. The maximum Gasteiger partial charge on any atom is 0.228 e. The molecule has 0 fully saturated rings. The molecule has 0 aliphatic rings. The minimum Gasteiger partial charge on any atom is -0.343 e. The number of rotatable bonds is 8. The fraction of sp³-hybridized carbons (Fsp3) is 0.261. The predicted octanol–water partition coefficient (Wildman–Crippen LogP) is 3.46. The van der Waals surface area contributed by atoms with Crippen molar-refractivity contribution in [2.45, 2.75) is 26.7 Å². The van der Waals surface area contributed by atoms with E-state index >= 15 is 0 Å². The summed E-state index contributed by atoms with van der Waals surface area (Å²) in [6.45, 7) is 5.38. The van der Waals surface area contributed by atoms with E-state index in [-0.39, 0.29) is 11.8 Å². The zero-order chi connectivity index (χ0) is 20.6. The van der Waals surface area contributed by atoms with Crippen LogP contribution in [0, 0.1) is 0 Å². The number of likely N-dealkylation sites (N-methyl/N-ethyl adjacent to an activating group) is 1. The molecule has 0 bridgehead atoms. The number of hydrogen-bond acceptors (Lipinski definition) is 3. The second-order valence-electron chi connectivity index (χ2n) is 6.78. The molecule has 6 nitrogen and oxygen atoms in total. The summed E-state index contributed by atoms with van der Waals surface area (Å²) in [6.07, 6.45) is 4.27. The van der Waals surface area contributed by atoms with Gasteiger partial charge in [-0.1, -0.05) is 24.3 Å². The maximum absolute atomic E-state index is 12.3. The van der Waals surface area contributed by atoms with Crippen LogP contribution in [-0.2, 0) is 22.4 Å². The van der Waals surface area contributed by atoms with Gasteiger partial charge in [-0.25, -0.2) is 4.68 Å². The Labute approximate surface area is 171 Å². The van der Waals surface area contributed by atoms with Gasteiger partial charge in [0.05, 0.1) is 18.5 Å². The van der Waals surface area contributed by atoms with E-state index in [9.17, 15) is 9.59 Å². The molecule has 0 aliphatic carbocycles. The minimum absolute atomic E-state index is 0.0798. The summed E-state index contributed by atoms with van der Waals surface area (Å²) in [6, 6.07) is 17.1. The minimum atomic E-state index is -0.0798. The van der Waals surface area contributed by atoms with Gasteiger partial charge < -0.3 is 10.2 Å². The second-order valence-corrected chi connectivity index (χ2v) is 6.78. The third kappa shape index (κ3) is 5.54. The van der Waals surface area contributed by atoms with Crippen molar-refractivity contribution in [3.05, 3.63) is 78.1 Å². The summed E-state index contributed by atoms with van der Waals surface area (Å²) in [5.74, 6) is 0.0363. The van der Waals surface area contributed by atoms with Crippen LogP contribution in [0.15, 0.2) is 67.0 Å². The van der Waals surface area contributed by atoms with E-state index < -0.39 is 0 Å². The highest BCUT2D eigenvalue weighted by Crippen LogP contribution is 2.13. The quantitative estimate of drug-likeness (QED) is 0.640. The lowest BCUT2D eigenvalue weighted by molar-refractivity contribution is -0.130. The molecule has 0 atom stereocenters.